The van der Waals surface area contributed by atoms with Crippen LogP contribution in [0.25, 0.3) is 0 Å². The van der Waals surface area contributed by atoms with Crippen LogP contribution in [0.4, 0.5) is 0 Å². The van der Waals surface area contributed by atoms with E-state index in [1.807, 2.05) is 0 Å². The first kappa shape index (κ1) is 31.1. The van der Waals surface area contributed by atoms with E-state index in [1.165, 1.54) is 13.8 Å². The molecule has 0 aliphatic carbocycles. The SMILES string of the molecule is C1CO1.C=C(C)C(=O)O.C=CC(=O)O.CC(O)CO.CC1CO1.[HH].[Na]. The van der Waals surface area contributed by atoms with Crippen molar-refractivity contribution in [3.05, 3.63) is 24.8 Å². The summed E-state index contributed by atoms with van der Waals surface area (Å²) in [5, 5.41) is 31.5. The van der Waals surface area contributed by atoms with Gasteiger partial charge in [0.2, 0.25) is 0 Å². The molecule has 8 nitrogen and oxygen atoms in total. The van der Waals surface area contributed by atoms with Crippen LogP contribution in [0, 0.1) is 0 Å². The van der Waals surface area contributed by atoms with Crippen molar-refractivity contribution in [1.82, 2.24) is 0 Å². The van der Waals surface area contributed by atoms with Crippen molar-refractivity contribution >= 4 is 41.5 Å². The summed E-state index contributed by atoms with van der Waals surface area (Å²) in [6, 6.07) is 0. The summed E-state index contributed by atoms with van der Waals surface area (Å²) in [6.45, 7) is 14.0. The summed E-state index contributed by atoms with van der Waals surface area (Å²) >= 11 is 0. The predicted octanol–water partition coefficient (Wildman–Crippen LogP) is 0.551. The molecule has 2 rings (SSSR count). The number of epoxide rings is 2. The Morgan fingerprint density at radius 1 is 1.38 bits per heavy atom. The maximum Gasteiger partial charge on any atom is 0.330 e. The Balaban J connectivity index is -0.0000000660. The van der Waals surface area contributed by atoms with Gasteiger partial charge < -0.3 is 29.9 Å². The zero-order valence-corrected chi connectivity index (χ0v) is 16.9. The summed E-state index contributed by atoms with van der Waals surface area (Å²) in [6.07, 6.45) is 0.856. The Labute approximate surface area is 166 Å². The third kappa shape index (κ3) is 68.8. The average Bonchev–Trinajstić information content (AvgIpc) is 3.34. The number of aliphatic carboxylic acids is 2. The van der Waals surface area contributed by atoms with Gasteiger partial charge in [0.1, 0.15) is 0 Å². The van der Waals surface area contributed by atoms with E-state index in [2.05, 4.69) is 24.8 Å². The van der Waals surface area contributed by atoms with Gasteiger partial charge in [0.25, 0.3) is 0 Å². The second kappa shape index (κ2) is 22.3. The minimum Gasteiger partial charge on any atom is -0.478 e. The van der Waals surface area contributed by atoms with Crippen LogP contribution in [0.15, 0.2) is 24.8 Å². The molecule has 2 saturated heterocycles. The number of ether oxygens (including phenoxy) is 2. The molecule has 139 valence electrons. The molecular formula is C15H30NaO8. The Morgan fingerprint density at radius 3 is 1.58 bits per heavy atom. The second-order valence-electron chi connectivity index (χ2n) is 4.42. The molecular weight excluding hydrogens is 331 g/mol. The Bertz CT molecular complexity index is 330. The molecule has 2 unspecified atom stereocenters. The molecule has 0 aromatic carbocycles. The summed E-state index contributed by atoms with van der Waals surface area (Å²) in [5.41, 5.74) is 0.176. The molecule has 0 aromatic rings. The van der Waals surface area contributed by atoms with Gasteiger partial charge in [-0.15, -0.1) is 0 Å². The predicted molar refractivity (Wildman–Crippen MR) is 93.2 cm³/mol. The molecule has 4 N–H and O–H groups in total. The molecule has 2 atom stereocenters. The van der Waals surface area contributed by atoms with Crippen LogP contribution in [-0.2, 0) is 19.1 Å². The molecule has 2 aliphatic heterocycles. The molecule has 9 heteroatoms. The van der Waals surface area contributed by atoms with Crippen molar-refractivity contribution in [3.63, 3.8) is 0 Å². The minimum absolute atomic E-state index is 0. The molecule has 2 heterocycles. The van der Waals surface area contributed by atoms with E-state index < -0.39 is 18.0 Å². The maximum absolute atomic E-state index is 9.60. The molecule has 24 heavy (non-hydrogen) atoms. The van der Waals surface area contributed by atoms with Gasteiger partial charge in [-0.1, -0.05) is 13.2 Å². The van der Waals surface area contributed by atoms with Gasteiger partial charge in [-0.2, -0.15) is 0 Å². The number of carboxylic acids is 2. The van der Waals surface area contributed by atoms with Gasteiger partial charge in [0, 0.05) is 42.6 Å². The van der Waals surface area contributed by atoms with E-state index >= 15 is 0 Å². The number of aliphatic hydroxyl groups excluding tert-OH is 2. The van der Waals surface area contributed by atoms with Gasteiger partial charge in [-0.05, 0) is 20.8 Å². The van der Waals surface area contributed by atoms with E-state index in [0.717, 1.165) is 25.9 Å². The number of hydrogen-bond acceptors (Lipinski definition) is 6. The van der Waals surface area contributed by atoms with Gasteiger partial charge >= 0.3 is 11.9 Å². The first-order chi connectivity index (χ1) is 10.6. The van der Waals surface area contributed by atoms with Gasteiger partial charge in [-0.25, -0.2) is 9.59 Å². The third-order valence-corrected chi connectivity index (χ3v) is 1.51. The van der Waals surface area contributed by atoms with Gasteiger partial charge in [-0.3, -0.25) is 0 Å². The van der Waals surface area contributed by atoms with E-state index in [-0.39, 0.29) is 43.2 Å². The molecule has 2 aliphatic rings. The number of carboxylic acid groups (broad SMARTS) is 2. The average molecular weight is 361 g/mol. The van der Waals surface area contributed by atoms with Crippen LogP contribution >= 0.6 is 0 Å². The molecule has 0 spiro atoms. The van der Waals surface area contributed by atoms with E-state index in [9.17, 15) is 9.59 Å². The quantitative estimate of drug-likeness (QED) is 0.324. The zero-order valence-electron chi connectivity index (χ0n) is 14.9. The van der Waals surface area contributed by atoms with Crippen molar-refractivity contribution in [2.45, 2.75) is 33.0 Å². The Hall–Kier alpha value is -0.740. The number of hydrogen-bond donors (Lipinski definition) is 4. The molecule has 0 saturated carbocycles. The van der Waals surface area contributed by atoms with Crippen molar-refractivity contribution < 1.29 is 40.9 Å². The standard InChI is InChI=1S/C4H6O2.C3H8O2.C3H4O2.C3H6O.C2H4O.Na.H2/c1-3(2)4(5)6;1-3(5)2-4;1-2-3(4)5;1-3-2-4-3;1-2-3-1;;/h1H2,2H3,(H,5,6);3-5H,2H2,1H3;2H,1H2,(H,4,5);3H,2H2,1H3;1-2H2;;1H. The fourth-order valence-electron chi connectivity index (χ4n) is 0.0962. The van der Waals surface area contributed by atoms with Crippen LogP contribution < -0.4 is 0 Å². The number of rotatable bonds is 3. The molecule has 2 fully saturated rings. The fraction of sp³-hybridized carbons (Fsp3) is 0.600. The number of carbonyl (C=O) groups is 2. The Morgan fingerprint density at radius 2 is 1.58 bits per heavy atom. The monoisotopic (exact) mass is 361 g/mol. The van der Waals surface area contributed by atoms with Crippen LogP contribution in [-0.4, -0.2) is 101 Å². The maximum atomic E-state index is 9.60. The molecule has 0 amide bonds. The summed E-state index contributed by atoms with van der Waals surface area (Å²) in [4.78, 5) is 18.8. The summed E-state index contributed by atoms with van der Waals surface area (Å²) in [7, 11) is 0. The van der Waals surface area contributed by atoms with E-state index in [4.69, 9.17) is 25.2 Å². The van der Waals surface area contributed by atoms with Crippen molar-refractivity contribution in [1.29, 1.82) is 0 Å². The largest absolute Gasteiger partial charge is 0.478 e. The van der Waals surface area contributed by atoms with Crippen molar-refractivity contribution in [3.8, 4) is 0 Å². The first-order valence-corrected chi connectivity index (χ1v) is 6.80. The molecule has 1 radical (unpaired) electrons. The van der Waals surface area contributed by atoms with Gasteiger partial charge in [0.15, 0.2) is 0 Å². The molecule has 0 bridgehead atoms. The first-order valence-electron chi connectivity index (χ1n) is 6.80. The van der Waals surface area contributed by atoms with E-state index in [0.29, 0.717) is 6.10 Å². The van der Waals surface area contributed by atoms with Crippen LogP contribution in [0.2, 0.25) is 0 Å². The topological polar surface area (TPSA) is 140 Å². The van der Waals surface area contributed by atoms with Crippen molar-refractivity contribution in [2.75, 3.05) is 26.4 Å². The minimum atomic E-state index is -0.981. The smallest absolute Gasteiger partial charge is 0.330 e. The Kier molecular flexibility index (Phi) is 28.8. The summed E-state index contributed by atoms with van der Waals surface area (Å²) in [5.74, 6) is -1.92. The van der Waals surface area contributed by atoms with Gasteiger partial charge in [0.05, 0.1) is 38.6 Å². The third-order valence-electron chi connectivity index (χ3n) is 1.51. The second-order valence-corrected chi connectivity index (χ2v) is 4.42. The van der Waals surface area contributed by atoms with E-state index in [1.54, 1.807) is 0 Å². The summed E-state index contributed by atoms with van der Waals surface area (Å²) < 4.78 is 9.21. The van der Waals surface area contributed by atoms with Crippen molar-refractivity contribution in [2.24, 2.45) is 0 Å². The van der Waals surface area contributed by atoms with Crippen LogP contribution in [0.5, 0.6) is 0 Å². The zero-order chi connectivity index (χ0) is 18.8. The fourth-order valence-corrected chi connectivity index (χ4v) is 0.0962. The van der Waals surface area contributed by atoms with Crippen LogP contribution in [0.1, 0.15) is 22.2 Å². The molecule has 0 aromatic heterocycles. The van der Waals surface area contributed by atoms with Crippen LogP contribution in [0.3, 0.4) is 0 Å². The normalized spacial score (nSPS) is 16.0. The number of aliphatic hydroxyl groups is 2.